The van der Waals surface area contributed by atoms with Crippen LogP contribution in [0, 0.1) is 0 Å². The van der Waals surface area contributed by atoms with Gasteiger partial charge in [-0.15, -0.1) is 11.3 Å². The molecule has 0 radical (unpaired) electrons. The molecule has 0 saturated heterocycles. The second-order valence-corrected chi connectivity index (χ2v) is 5.75. The Morgan fingerprint density at radius 3 is 2.83 bits per heavy atom. The number of amides is 1. The fraction of sp³-hybridized carbons (Fsp3) is 0.308. The molecular weight excluding hydrogens is 270 g/mol. The molecule has 2 aromatic heterocycles. The largest absolute Gasteiger partial charge is 0.440 e. The maximum absolute atomic E-state index is 12.3. The number of hydrogen-bond acceptors (Lipinski definition) is 3. The predicted molar refractivity (Wildman–Crippen MR) is 70.9 cm³/mol. The van der Waals surface area contributed by atoms with Crippen LogP contribution in [-0.2, 0) is 6.54 Å². The van der Waals surface area contributed by atoms with Crippen LogP contribution in [0.15, 0.2) is 34.1 Å². The summed E-state index contributed by atoms with van der Waals surface area (Å²) in [6.45, 7) is 0.652. The molecule has 0 unspecified atom stereocenters. The second-order valence-electron chi connectivity index (χ2n) is 4.35. The average Bonchev–Trinajstić information content (AvgIpc) is 2.88. The predicted octanol–water partition coefficient (Wildman–Crippen LogP) is 3.80. The Bertz CT molecular complexity index is 545. The summed E-state index contributed by atoms with van der Waals surface area (Å²) in [5.74, 6) is 0.251. The number of thiophene rings is 1. The molecule has 1 fully saturated rings. The smallest absolute Gasteiger partial charge is 0.290 e. The van der Waals surface area contributed by atoms with Gasteiger partial charge in [-0.3, -0.25) is 4.79 Å². The molecule has 94 valence electrons. The van der Waals surface area contributed by atoms with Crippen LogP contribution < -0.4 is 0 Å². The topological polar surface area (TPSA) is 33.5 Å². The van der Waals surface area contributed by atoms with Gasteiger partial charge in [-0.05, 0) is 48.0 Å². The van der Waals surface area contributed by atoms with Crippen molar-refractivity contribution in [2.24, 2.45) is 0 Å². The molecule has 0 aromatic carbocycles. The van der Waals surface area contributed by atoms with Gasteiger partial charge in [-0.2, -0.15) is 0 Å². The van der Waals surface area contributed by atoms with Crippen molar-refractivity contribution in [1.82, 2.24) is 4.90 Å². The van der Waals surface area contributed by atoms with E-state index >= 15 is 0 Å². The Morgan fingerprint density at radius 1 is 1.44 bits per heavy atom. The minimum atomic E-state index is -0.0715. The summed E-state index contributed by atoms with van der Waals surface area (Å²) in [4.78, 5) is 15.4. The lowest BCUT2D eigenvalue weighted by Gasteiger charge is -2.20. The third kappa shape index (κ3) is 2.44. The third-order valence-corrected chi connectivity index (χ3v) is 4.00. The van der Waals surface area contributed by atoms with Crippen LogP contribution in [-0.4, -0.2) is 16.8 Å². The Hall–Kier alpha value is -1.26. The second kappa shape index (κ2) is 4.78. The fourth-order valence-corrected chi connectivity index (χ4v) is 2.74. The highest BCUT2D eigenvalue weighted by molar-refractivity contribution is 7.09. The Labute approximate surface area is 114 Å². The standard InChI is InChI=1S/C13H12ClNO2S/c14-12-6-5-11(17-12)13(16)15(9-3-4-9)8-10-2-1-7-18-10/h1-2,5-7,9H,3-4,8H2. The molecular formula is C13H12ClNO2S. The SMILES string of the molecule is O=C(c1ccc(Cl)o1)N(Cc1cccs1)C1CC1. The van der Waals surface area contributed by atoms with Gasteiger partial charge in [0.25, 0.3) is 5.91 Å². The number of rotatable bonds is 4. The minimum Gasteiger partial charge on any atom is -0.440 e. The Balaban J connectivity index is 1.79. The first-order chi connectivity index (χ1) is 8.74. The van der Waals surface area contributed by atoms with Gasteiger partial charge in [0.2, 0.25) is 0 Å². The summed E-state index contributed by atoms with van der Waals surface area (Å²) in [6, 6.07) is 7.63. The van der Waals surface area contributed by atoms with Crippen molar-refractivity contribution < 1.29 is 9.21 Å². The van der Waals surface area contributed by atoms with E-state index in [0.717, 1.165) is 12.8 Å². The monoisotopic (exact) mass is 281 g/mol. The van der Waals surface area contributed by atoms with E-state index in [-0.39, 0.29) is 11.1 Å². The molecule has 3 nitrogen and oxygen atoms in total. The van der Waals surface area contributed by atoms with Crippen molar-refractivity contribution in [3.63, 3.8) is 0 Å². The van der Waals surface area contributed by atoms with E-state index < -0.39 is 0 Å². The molecule has 1 aliphatic rings. The van der Waals surface area contributed by atoms with E-state index in [9.17, 15) is 4.79 Å². The Kier molecular flexibility index (Phi) is 3.14. The number of carbonyl (C=O) groups excluding carboxylic acids is 1. The highest BCUT2D eigenvalue weighted by Gasteiger charge is 2.34. The van der Waals surface area contributed by atoms with Gasteiger partial charge in [0, 0.05) is 10.9 Å². The first-order valence-corrected chi connectivity index (χ1v) is 7.08. The molecule has 1 saturated carbocycles. The lowest BCUT2D eigenvalue weighted by Crippen LogP contribution is -2.32. The first kappa shape index (κ1) is 11.8. The molecule has 0 aliphatic heterocycles. The Morgan fingerprint density at radius 2 is 2.28 bits per heavy atom. The molecule has 5 heteroatoms. The lowest BCUT2D eigenvalue weighted by atomic mass is 10.3. The van der Waals surface area contributed by atoms with E-state index in [0.29, 0.717) is 18.3 Å². The number of halogens is 1. The molecule has 2 heterocycles. The van der Waals surface area contributed by atoms with Crippen molar-refractivity contribution in [1.29, 1.82) is 0 Å². The van der Waals surface area contributed by atoms with Gasteiger partial charge in [-0.1, -0.05) is 6.07 Å². The molecule has 0 spiro atoms. The van der Waals surface area contributed by atoms with Crippen LogP contribution in [0.2, 0.25) is 5.22 Å². The molecule has 0 bridgehead atoms. The summed E-state index contributed by atoms with van der Waals surface area (Å²) in [5, 5.41) is 2.28. The van der Waals surface area contributed by atoms with Gasteiger partial charge in [0.05, 0.1) is 6.54 Å². The summed E-state index contributed by atoms with van der Waals surface area (Å²) >= 11 is 7.38. The summed E-state index contributed by atoms with van der Waals surface area (Å²) in [5.41, 5.74) is 0. The van der Waals surface area contributed by atoms with Gasteiger partial charge in [-0.25, -0.2) is 0 Å². The molecule has 3 rings (SSSR count). The van der Waals surface area contributed by atoms with Gasteiger partial charge < -0.3 is 9.32 Å². The quantitative estimate of drug-likeness (QED) is 0.854. The van der Waals surface area contributed by atoms with Crippen LogP contribution >= 0.6 is 22.9 Å². The van der Waals surface area contributed by atoms with Crippen molar-refractivity contribution in [2.45, 2.75) is 25.4 Å². The number of hydrogen-bond donors (Lipinski definition) is 0. The summed E-state index contributed by atoms with van der Waals surface area (Å²) in [7, 11) is 0. The zero-order chi connectivity index (χ0) is 12.5. The highest BCUT2D eigenvalue weighted by Crippen LogP contribution is 2.31. The molecule has 1 amide bonds. The van der Waals surface area contributed by atoms with Gasteiger partial charge >= 0.3 is 0 Å². The maximum Gasteiger partial charge on any atom is 0.290 e. The number of carbonyl (C=O) groups is 1. The lowest BCUT2D eigenvalue weighted by molar-refractivity contribution is 0.0699. The van der Waals surface area contributed by atoms with Crippen LogP contribution in [0.3, 0.4) is 0 Å². The highest BCUT2D eigenvalue weighted by atomic mass is 35.5. The van der Waals surface area contributed by atoms with Gasteiger partial charge in [0.1, 0.15) is 0 Å². The van der Waals surface area contributed by atoms with Crippen LogP contribution in [0.1, 0.15) is 28.3 Å². The van der Waals surface area contributed by atoms with Crippen LogP contribution in [0.4, 0.5) is 0 Å². The van der Waals surface area contributed by atoms with Gasteiger partial charge in [0.15, 0.2) is 11.0 Å². The third-order valence-electron chi connectivity index (χ3n) is 2.94. The maximum atomic E-state index is 12.3. The molecule has 0 N–H and O–H groups in total. The minimum absolute atomic E-state index is 0.0715. The fourth-order valence-electron chi connectivity index (χ4n) is 1.89. The van der Waals surface area contributed by atoms with E-state index in [1.54, 1.807) is 23.5 Å². The van der Waals surface area contributed by atoms with E-state index in [4.69, 9.17) is 16.0 Å². The van der Waals surface area contributed by atoms with Crippen LogP contribution in [0.5, 0.6) is 0 Å². The zero-order valence-electron chi connectivity index (χ0n) is 9.64. The molecule has 2 aromatic rings. The zero-order valence-corrected chi connectivity index (χ0v) is 11.2. The first-order valence-electron chi connectivity index (χ1n) is 5.83. The summed E-state index contributed by atoms with van der Waals surface area (Å²) in [6.07, 6.45) is 2.15. The van der Waals surface area contributed by atoms with E-state index in [1.807, 2.05) is 22.4 Å². The van der Waals surface area contributed by atoms with E-state index in [2.05, 4.69) is 0 Å². The number of furan rings is 1. The average molecular weight is 282 g/mol. The van der Waals surface area contributed by atoms with Crippen molar-refractivity contribution in [3.8, 4) is 0 Å². The summed E-state index contributed by atoms with van der Waals surface area (Å²) < 4.78 is 5.20. The number of nitrogens with zero attached hydrogens (tertiary/aromatic N) is 1. The molecule has 0 atom stereocenters. The van der Waals surface area contributed by atoms with Crippen LogP contribution in [0.25, 0.3) is 0 Å². The van der Waals surface area contributed by atoms with Crippen molar-refractivity contribution >= 4 is 28.8 Å². The van der Waals surface area contributed by atoms with Crippen molar-refractivity contribution in [3.05, 3.63) is 45.5 Å². The molecule has 18 heavy (non-hydrogen) atoms. The molecule has 1 aliphatic carbocycles. The van der Waals surface area contributed by atoms with Crippen molar-refractivity contribution in [2.75, 3.05) is 0 Å². The van der Waals surface area contributed by atoms with E-state index in [1.165, 1.54) is 4.88 Å². The normalized spacial score (nSPS) is 14.7.